The lowest BCUT2D eigenvalue weighted by atomic mass is 10.0. The van der Waals surface area contributed by atoms with Gasteiger partial charge >= 0.3 is 11.9 Å². The minimum atomic E-state index is -0.814. The number of rotatable bonds is 59. The number of aliphatic hydroxyl groups excluding tert-OH is 1. The van der Waals surface area contributed by atoms with E-state index in [1.807, 2.05) is 0 Å². The number of carbonyl (C=O) groups excluding carboxylic acids is 2. The van der Waals surface area contributed by atoms with Crippen molar-refractivity contribution >= 4 is 11.9 Å². The van der Waals surface area contributed by atoms with Gasteiger partial charge in [-0.15, -0.1) is 0 Å². The van der Waals surface area contributed by atoms with Crippen molar-refractivity contribution in [1.29, 1.82) is 0 Å². The molecule has 0 saturated heterocycles. The van der Waals surface area contributed by atoms with Crippen LogP contribution in [0.5, 0.6) is 0 Å². The average Bonchev–Trinajstić information content (AvgIpc) is 3.46. The van der Waals surface area contributed by atoms with Crippen molar-refractivity contribution in [3.8, 4) is 0 Å². The highest BCUT2D eigenvalue weighted by molar-refractivity contribution is 5.70. The molecule has 80 heavy (non-hydrogen) atoms. The molecule has 0 aliphatic rings. The van der Waals surface area contributed by atoms with E-state index in [4.69, 9.17) is 9.47 Å². The third kappa shape index (κ3) is 66.0. The molecule has 1 atom stereocenters. The molecule has 5 nitrogen and oxygen atoms in total. The highest BCUT2D eigenvalue weighted by Crippen LogP contribution is 2.17. The lowest BCUT2D eigenvalue weighted by Crippen LogP contribution is -2.28. The summed E-state index contributed by atoms with van der Waals surface area (Å²) in [5, 5.41) is 9.68. The summed E-state index contributed by atoms with van der Waals surface area (Å²) < 4.78 is 10.7. The van der Waals surface area contributed by atoms with Crippen LogP contribution >= 0.6 is 0 Å². The number of aliphatic hydroxyl groups is 1. The Morgan fingerprint density at radius 1 is 0.287 bits per heavy atom. The van der Waals surface area contributed by atoms with E-state index in [0.717, 1.165) is 109 Å². The van der Waals surface area contributed by atoms with Gasteiger partial charge in [-0.3, -0.25) is 9.59 Å². The first-order valence-corrected chi connectivity index (χ1v) is 33.0. The van der Waals surface area contributed by atoms with E-state index >= 15 is 0 Å². The molecule has 0 saturated carbocycles. The number of carbonyl (C=O) groups is 2. The molecule has 452 valence electrons. The van der Waals surface area contributed by atoms with E-state index in [1.54, 1.807) is 0 Å². The molecular weight excluding hydrogens is 981 g/mol. The molecule has 0 heterocycles. The van der Waals surface area contributed by atoms with Crippen LogP contribution < -0.4 is 0 Å². The van der Waals surface area contributed by atoms with Gasteiger partial charge in [0.15, 0.2) is 6.10 Å². The van der Waals surface area contributed by atoms with Crippen LogP contribution in [-0.4, -0.2) is 36.4 Å². The van der Waals surface area contributed by atoms with Crippen LogP contribution in [0.3, 0.4) is 0 Å². The van der Waals surface area contributed by atoms with Crippen LogP contribution in [0.1, 0.15) is 284 Å². The fourth-order valence-electron chi connectivity index (χ4n) is 8.96. The second kappa shape index (κ2) is 68.8. The van der Waals surface area contributed by atoms with Gasteiger partial charge in [0.25, 0.3) is 0 Å². The number of hydrogen-bond acceptors (Lipinski definition) is 5. The third-order valence-electron chi connectivity index (χ3n) is 13.8. The van der Waals surface area contributed by atoms with E-state index in [0.29, 0.717) is 12.8 Å². The molecule has 1 N–H and O–H groups in total. The summed E-state index contributed by atoms with van der Waals surface area (Å²) in [6, 6.07) is 0. The van der Waals surface area contributed by atoms with Gasteiger partial charge in [-0.25, -0.2) is 0 Å². The van der Waals surface area contributed by atoms with Gasteiger partial charge in [-0.05, 0) is 116 Å². The van der Waals surface area contributed by atoms with Crippen molar-refractivity contribution in [3.05, 3.63) is 158 Å². The van der Waals surface area contributed by atoms with Crippen molar-refractivity contribution in [3.63, 3.8) is 0 Å². The maximum Gasteiger partial charge on any atom is 0.306 e. The third-order valence-corrected chi connectivity index (χ3v) is 13.8. The zero-order chi connectivity index (χ0) is 57.6. The second-order valence-corrected chi connectivity index (χ2v) is 21.4. The number of esters is 2. The fourth-order valence-corrected chi connectivity index (χ4v) is 8.96. The minimum Gasteiger partial charge on any atom is -0.462 e. The van der Waals surface area contributed by atoms with Gasteiger partial charge < -0.3 is 14.6 Å². The maximum absolute atomic E-state index is 12.3. The molecule has 5 heteroatoms. The van der Waals surface area contributed by atoms with Crippen LogP contribution in [0, 0.1) is 0 Å². The van der Waals surface area contributed by atoms with Crippen molar-refractivity contribution in [2.75, 3.05) is 13.2 Å². The predicted octanol–water partition coefficient (Wildman–Crippen LogP) is 23.1. The summed E-state index contributed by atoms with van der Waals surface area (Å²) in [4.78, 5) is 24.6. The van der Waals surface area contributed by atoms with Gasteiger partial charge in [-0.2, -0.15) is 0 Å². The molecule has 0 bridgehead atoms. The van der Waals surface area contributed by atoms with Gasteiger partial charge in [0, 0.05) is 12.8 Å². The molecule has 1 unspecified atom stereocenters. The van der Waals surface area contributed by atoms with Gasteiger partial charge in [0.05, 0.1) is 6.61 Å². The van der Waals surface area contributed by atoms with E-state index in [9.17, 15) is 14.7 Å². The van der Waals surface area contributed by atoms with Gasteiger partial charge in [0.2, 0.25) is 0 Å². The Balaban J connectivity index is 3.55. The first-order chi connectivity index (χ1) is 39.6. The maximum atomic E-state index is 12.3. The Morgan fingerprint density at radius 3 is 0.787 bits per heavy atom. The SMILES string of the molecule is CC/C=C\C/C=C\C/C=C\C/C=C\C/C=C\C/C=C\C/C=C\C/C=C\C/C=C\CCCC(=O)OC(CO)COC(=O)CCCCCCCCCCCCCCCCCCCCCCCCCC/C=C\C/C=C\C/C=C\C/C=C\CC. The molecule has 0 aromatic rings. The van der Waals surface area contributed by atoms with Crippen molar-refractivity contribution in [1.82, 2.24) is 0 Å². The normalized spacial score (nSPS) is 13.3. The van der Waals surface area contributed by atoms with E-state index in [2.05, 4.69) is 172 Å². The standard InChI is InChI=1S/C75H122O5/c1-3-5-7-9-11-13-15-17-19-21-23-25-27-29-31-33-34-35-36-37-38-39-40-42-43-45-47-49-51-53-55-57-59-61-63-65-67-69-74(77)79-72-73(71-76)80-75(78)70-68-66-64-62-60-58-56-54-52-50-48-46-44-41-32-30-28-26-24-22-20-18-16-14-12-10-8-6-4-2/h5-8,11-14,17-20,23-26,30,32,44,46,50,52,56,58,62,64,73,76H,3-4,9-10,15-16,21-22,27-29,31,33-43,45,47-49,51,53-55,57,59-61,63,65-72H2,1-2H3/b7-5-,8-6-,13-11-,14-12-,19-17-,20-18-,25-23-,26-24-,32-30-,46-44-,52-50-,58-56-,64-62-. The van der Waals surface area contributed by atoms with Crippen LogP contribution in [0.2, 0.25) is 0 Å². The molecule has 0 fully saturated rings. The van der Waals surface area contributed by atoms with Crippen LogP contribution in [0.4, 0.5) is 0 Å². The Bertz CT molecular complexity index is 1730. The molecule has 0 spiro atoms. The fraction of sp³-hybridized carbons (Fsp3) is 0.627. The van der Waals surface area contributed by atoms with Crippen LogP contribution in [0.15, 0.2) is 158 Å². The zero-order valence-electron chi connectivity index (χ0n) is 51.8. The molecule has 0 aromatic carbocycles. The summed E-state index contributed by atoms with van der Waals surface area (Å²) >= 11 is 0. The smallest absolute Gasteiger partial charge is 0.306 e. The predicted molar refractivity (Wildman–Crippen MR) is 352 cm³/mol. The largest absolute Gasteiger partial charge is 0.462 e. The first kappa shape index (κ1) is 75.5. The number of unbranched alkanes of at least 4 members (excludes halogenated alkanes) is 25. The van der Waals surface area contributed by atoms with Gasteiger partial charge in [-0.1, -0.05) is 313 Å². The number of ether oxygens (including phenoxy) is 2. The monoisotopic (exact) mass is 1100 g/mol. The Morgan fingerprint density at radius 2 is 0.512 bits per heavy atom. The summed E-state index contributed by atoms with van der Waals surface area (Å²) in [5.74, 6) is -0.661. The lowest BCUT2D eigenvalue weighted by molar-refractivity contribution is -0.161. The molecule has 0 aliphatic carbocycles. The van der Waals surface area contributed by atoms with Crippen LogP contribution in [-0.2, 0) is 19.1 Å². The minimum absolute atomic E-state index is 0.0959. The Kier molecular flexibility index (Phi) is 64.9. The molecule has 0 aliphatic heterocycles. The summed E-state index contributed by atoms with van der Waals surface area (Å²) in [6.07, 6.45) is 105. The highest BCUT2D eigenvalue weighted by atomic mass is 16.6. The second-order valence-electron chi connectivity index (χ2n) is 21.4. The lowest BCUT2D eigenvalue weighted by Gasteiger charge is -2.15. The topological polar surface area (TPSA) is 72.8 Å². The molecule has 0 rings (SSSR count). The average molecular weight is 1100 g/mol. The van der Waals surface area contributed by atoms with Crippen molar-refractivity contribution in [2.24, 2.45) is 0 Å². The summed E-state index contributed by atoms with van der Waals surface area (Å²) in [7, 11) is 0. The van der Waals surface area contributed by atoms with Crippen LogP contribution in [0.25, 0.3) is 0 Å². The Hall–Kier alpha value is -4.48. The van der Waals surface area contributed by atoms with Crippen molar-refractivity contribution < 1.29 is 24.2 Å². The summed E-state index contributed by atoms with van der Waals surface area (Å²) in [6.45, 7) is 3.88. The summed E-state index contributed by atoms with van der Waals surface area (Å²) in [5.41, 5.74) is 0. The molecular formula is C75H122O5. The quantitative estimate of drug-likeness (QED) is 0.0373. The zero-order valence-corrected chi connectivity index (χ0v) is 51.8. The van der Waals surface area contributed by atoms with Gasteiger partial charge in [0.1, 0.15) is 6.61 Å². The number of hydrogen-bond donors (Lipinski definition) is 1. The molecule has 0 amide bonds. The highest BCUT2D eigenvalue weighted by Gasteiger charge is 2.16. The van der Waals surface area contributed by atoms with E-state index < -0.39 is 6.10 Å². The first-order valence-electron chi connectivity index (χ1n) is 33.0. The Labute approximate surface area is 494 Å². The van der Waals surface area contributed by atoms with Crippen molar-refractivity contribution in [2.45, 2.75) is 290 Å². The van der Waals surface area contributed by atoms with E-state index in [1.165, 1.54) is 141 Å². The number of allylic oxidation sites excluding steroid dienone is 26. The molecule has 0 radical (unpaired) electrons. The molecule has 0 aromatic heterocycles. The van der Waals surface area contributed by atoms with E-state index in [-0.39, 0.29) is 31.6 Å².